The van der Waals surface area contributed by atoms with Crippen LogP contribution in [0.25, 0.3) is 10.3 Å². The average molecular weight is 447 g/mol. The summed E-state index contributed by atoms with van der Waals surface area (Å²) in [6.07, 6.45) is 1.38. The first-order chi connectivity index (χ1) is 14.5. The zero-order valence-corrected chi connectivity index (χ0v) is 18.5. The van der Waals surface area contributed by atoms with Crippen LogP contribution in [0.5, 0.6) is 0 Å². The van der Waals surface area contributed by atoms with Crippen molar-refractivity contribution >= 4 is 50.0 Å². The fraction of sp³-hybridized carbons (Fsp3) is 0.400. The Morgan fingerprint density at radius 1 is 1.27 bits per heavy atom. The normalized spacial score (nSPS) is 15.0. The predicted molar refractivity (Wildman–Crippen MR) is 121 cm³/mol. The first kappa shape index (κ1) is 20.8. The van der Waals surface area contributed by atoms with E-state index in [0.717, 1.165) is 43.4 Å². The molecule has 0 bridgehead atoms. The summed E-state index contributed by atoms with van der Waals surface area (Å²) in [5, 5.41) is 4.05. The molecule has 2 aromatic heterocycles. The number of aryl methyl sites for hydroxylation is 1. The molecule has 0 spiro atoms. The molecule has 0 unspecified atom stereocenters. The monoisotopic (exact) mass is 446 g/mol. The van der Waals surface area contributed by atoms with E-state index in [9.17, 15) is 9.59 Å². The van der Waals surface area contributed by atoms with Gasteiger partial charge < -0.3 is 15.1 Å². The van der Waals surface area contributed by atoms with Gasteiger partial charge >= 0.3 is 0 Å². The number of anilines is 2. The quantitative estimate of drug-likeness (QED) is 0.648. The molecule has 4 rings (SSSR count). The molecule has 30 heavy (non-hydrogen) atoms. The number of hydrogen-bond donors (Lipinski definition) is 1. The van der Waals surface area contributed by atoms with Crippen LogP contribution in [0.1, 0.15) is 12.5 Å². The van der Waals surface area contributed by atoms with Crippen LogP contribution in [0.15, 0.2) is 29.3 Å². The van der Waals surface area contributed by atoms with E-state index in [1.54, 1.807) is 6.07 Å². The molecule has 1 fully saturated rings. The molecule has 1 aliphatic heterocycles. The van der Waals surface area contributed by atoms with Crippen LogP contribution >= 0.6 is 22.9 Å². The Bertz CT molecular complexity index is 1120. The predicted octanol–water partition coefficient (Wildman–Crippen LogP) is 2.60. The molecule has 1 N–H and O–H groups in total. The molecule has 10 heteroatoms. The first-order valence-corrected chi connectivity index (χ1v) is 11.0. The minimum atomic E-state index is -0.338. The first-order valence-electron chi connectivity index (χ1n) is 9.84. The lowest BCUT2D eigenvalue weighted by atomic mass is 10.2. The number of fused-ring (bicyclic) bond motifs is 1. The number of thiazole rings is 1. The van der Waals surface area contributed by atoms with Gasteiger partial charge in [0.1, 0.15) is 17.6 Å². The van der Waals surface area contributed by atoms with Crippen molar-refractivity contribution in [3.05, 3.63) is 45.5 Å². The zero-order valence-electron chi connectivity index (χ0n) is 16.9. The lowest BCUT2D eigenvalue weighted by Gasteiger charge is -2.33. The maximum atomic E-state index is 12.9. The van der Waals surface area contributed by atoms with Gasteiger partial charge in [0.25, 0.3) is 5.56 Å². The maximum Gasteiger partial charge on any atom is 0.273 e. The highest BCUT2D eigenvalue weighted by Gasteiger charge is 2.21. The van der Waals surface area contributed by atoms with Crippen LogP contribution < -0.4 is 15.8 Å². The third-order valence-corrected chi connectivity index (χ3v) is 6.67. The van der Waals surface area contributed by atoms with Crippen molar-refractivity contribution in [2.24, 2.45) is 0 Å². The van der Waals surface area contributed by atoms with Gasteiger partial charge in [-0.15, -0.1) is 0 Å². The number of benzene rings is 1. The molecular weight excluding hydrogens is 424 g/mol. The molecule has 1 aromatic carbocycles. The fourth-order valence-corrected chi connectivity index (χ4v) is 4.75. The van der Waals surface area contributed by atoms with Crippen molar-refractivity contribution in [2.75, 3.05) is 42.9 Å². The minimum absolute atomic E-state index is 0.144. The molecule has 1 saturated heterocycles. The van der Waals surface area contributed by atoms with Gasteiger partial charge in [0, 0.05) is 26.2 Å². The Hall–Kier alpha value is -2.49. The van der Waals surface area contributed by atoms with E-state index in [4.69, 9.17) is 11.6 Å². The van der Waals surface area contributed by atoms with Crippen molar-refractivity contribution < 1.29 is 4.79 Å². The molecule has 8 nitrogen and oxygen atoms in total. The van der Waals surface area contributed by atoms with Crippen LogP contribution in [-0.2, 0) is 11.3 Å². The summed E-state index contributed by atoms with van der Waals surface area (Å²) in [6, 6.07) is 5.39. The largest absolute Gasteiger partial charge is 0.345 e. The molecule has 1 aliphatic rings. The minimum Gasteiger partial charge on any atom is -0.345 e. The van der Waals surface area contributed by atoms with E-state index in [-0.39, 0.29) is 18.0 Å². The number of para-hydroxylation sites is 1. The van der Waals surface area contributed by atoms with E-state index in [1.165, 1.54) is 22.2 Å². The lowest BCUT2D eigenvalue weighted by Crippen LogP contribution is -2.46. The molecule has 3 aromatic rings. The molecule has 3 heterocycles. The van der Waals surface area contributed by atoms with Crippen LogP contribution in [-0.4, -0.2) is 58.1 Å². The Kier molecular flexibility index (Phi) is 6.03. The topological polar surface area (TPSA) is 83.4 Å². The van der Waals surface area contributed by atoms with Gasteiger partial charge in [0.05, 0.1) is 10.7 Å². The number of amides is 1. The highest BCUT2D eigenvalue weighted by atomic mass is 35.5. The van der Waals surface area contributed by atoms with Crippen LogP contribution in [0.3, 0.4) is 0 Å². The van der Waals surface area contributed by atoms with Crippen molar-refractivity contribution in [1.29, 1.82) is 0 Å². The average Bonchev–Trinajstić information content (AvgIpc) is 3.18. The highest BCUT2D eigenvalue weighted by molar-refractivity contribution is 7.22. The molecule has 0 saturated carbocycles. The summed E-state index contributed by atoms with van der Waals surface area (Å²) < 4.78 is 1.77. The number of rotatable bonds is 5. The Labute approximate surface area is 183 Å². The second-order valence-corrected chi connectivity index (χ2v) is 8.61. The molecule has 158 valence electrons. The van der Waals surface area contributed by atoms with Crippen molar-refractivity contribution in [3.63, 3.8) is 0 Å². The third kappa shape index (κ3) is 4.19. The molecular formula is C20H23ClN6O2S. The number of carbonyl (C=O) groups is 1. The van der Waals surface area contributed by atoms with Gasteiger partial charge in [0.15, 0.2) is 10.8 Å². The van der Waals surface area contributed by atoms with E-state index >= 15 is 0 Å². The van der Waals surface area contributed by atoms with E-state index in [0.29, 0.717) is 21.1 Å². The van der Waals surface area contributed by atoms with Crippen LogP contribution in [0.2, 0.25) is 5.02 Å². The number of piperazine rings is 1. The molecule has 0 aliphatic carbocycles. The van der Waals surface area contributed by atoms with E-state index < -0.39 is 0 Å². The number of nitrogens with zero attached hydrogens (tertiary/aromatic N) is 5. The molecule has 0 radical (unpaired) electrons. The van der Waals surface area contributed by atoms with Crippen LogP contribution in [0, 0.1) is 6.92 Å². The summed E-state index contributed by atoms with van der Waals surface area (Å²) in [5.74, 6) is -0.338. The maximum absolute atomic E-state index is 12.9. The number of aromatic nitrogens is 3. The number of nitrogens with one attached hydrogen (secondary N) is 1. The van der Waals surface area contributed by atoms with Gasteiger partial charge in [-0.2, -0.15) is 4.98 Å². The van der Waals surface area contributed by atoms with Gasteiger partial charge in [-0.3, -0.25) is 14.2 Å². The highest BCUT2D eigenvalue weighted by Crippen LogP contribution is 2.27. The fourth-order valence-electron chi connectivity index (χ4n) is 3.46. The SMILES string of the molecule is CCN1CCN(c2nc3ncn(CC(=O)Nc4c(C)cccc4Cl)c(=O)c3s2)CC1. The number of halogens is 1. The van der Waals surface area contributed by atoms with Crippen molar-refractivity contribution in [1.82, 2.24) is 19.4 Å². The second-order valence-electron chi connectivity index (χ2n) is 7.23. The summed E-state index contributed by atoms with van der Waals surface area (Å²) in [6.45, 7) is 8.62. The van der Waals surface area contributed by atoms with Gasteiger partial charge in [-0.25, -0.2) is 4.98 Å². The van der Waals surface area contributed by atoms with Crippen molar-refractivity contribution in [2.45, 2.75) is 20.4 Å². The van der Waals surface area contributed by atoms with Gasteiger partial charge in [0.2, 0.25) is 5.91 Å². The molecule has 1 amide bonds. The van der Waals surface area contributed by atoms with E-state index in [1.807, 2.05) is 19.1 Å². The Balaban J connectivity index is 1.52. The second kappa shape index (κ2) is 8.71. The summed E-state index contributed by atoms with van der Waals surface area (Å²) >= 11 is 7.51. The van der Waals surface area contributed by atoms with Crippen molar-refractivity contribution in [3.8, 4) is 0 Å². The standard InChI is InChI=1S/C20H23ClN6O2S/c1-3-25-7-9-26(10-8-25)20-24-18-17(30-20)19(29)27(12-22-18)11-15(28)23-16-13(2)5-4-6-14(16)21/h4-6,12H,3,7-11H2,1-2H3,(H,23,28). The smallest absolute Gasteiger partial charge is 0.273 e. The number of carbonyl (C=O) groups excluding carboxylic acids is 1. The number of likely N-dealkylation sites (N-methyl/N-ethyl adjacent to an activating group) is 1. The summed E-state index contributed by atoms with van der Waals surface area (Å²) in [5.41, 5.74) is 1.57. The van der Waals surface area contributed by atoms with Crippen LogP contribution in [0.4, 0.5) is 10.8 Å². The summed E-state index contributed by atoms with van der Waals surface area (Å²) in [4.78, 5) is 38.8. The molecule has 0 atom stereocenters. The van der Waals surface area contributed by atoms with Gasteiger partial charge in [-0.1, -0.05) is 42.0 Å². The lowest BCUT2D eigenvalue weighted by molar-refractivity contribution is -0.116. The zero-order chi connectivity index (χ0) is 21.3. The third-order valence-electron chi connectivity index (χ3n) is 5.26. The Morgan fingerprint density at radius 3 is 2.73 bits per heavy atom. The number of hydrogen-bond acceptors (Lipinski definition) is 7. The van der Waals surface area contributed by atoms with E-state index in [2.05, 4.69) is 32.0 Å². The Morgan fingerprint density at radius 2 is 2.03 bits per heavy atom. The summed E-state index contributed by atoms with van der Waals surface area (Å²) in [7, 11) is 0. The van der Waals surface area contributed by atoms with Gasteiger partial charge in [-0.05, 0) is 25.1 Å².